The molecule has 1 heterocycles. The molecule has 0 aliphatic rings. The van der Waals surface area contributed by atoms with Crippen LogP contribution in [0.25, 0.3) is 22.3 Å². The van der Waals surface area contributed by atoms with Crippen molar-refractivity contribution in [1.82, 2.24) is 0 Å². The Morgan fingerprint density at radius 2 is 1.80 bits per heavy atom. The summed E-state index contributed by atoms with van der Waals surface area (Å²) in [6.45, 7) is 1.66. The van der Waals surface area contributed by atoms with Crippen LogP contribution in [0, 0.1) is 0 Å². The molecule has 0 amide bonds. The zero-order valence-corrected chi connectivity index (χ0v) is 11.0. The van der Waals surface area contributed by atoms with Crippen LogP contribution in [0.1, 0.15) is 18.6 Å². The molecule has 0 aliphatic heterocycles. The summed E-state index contributed by atoms with van der Waals surface area (Å²) in [6, 6.07) is 16.2. The molecule has 20 heavy (non-hydrogen) atoms. The number of aliphatic hydroxyl groups is 1. The predicted octanol–water partition coefficient (Wildman–Crippen LogP) is 3.51. The first-order valence-corrected chi connectivity index (χ1v) is 6.47. The molecule has 0 radical (unpaired) electrons. The molecule has 0 aliphatic carbocycles. The van der Waals surface area contributed by atoms with Gasteiger partial charge in [-0.25, -0.2) is 0 Å². The van der Waals surface area contributed by atoms with Crippen molar-refractivity contribution in [2.45, 2.75) is 13.0 Å². The van der Waals surface area contributed by atoms with E-state index < -0.39 is 6.10 Å². The Kier molecular flexibility index (Phi) is 3.12. The first-order chi connectivity index (χ1) is 9.66. The highest BCUT2D eigenvalue weighted by Gasteiger charge is 2.12. The number of hydrogen-bond acceptors (Lipinski definition) is 3. The minimum absolute atomic E-state index is 0.104. The molecule has 1 unspecified atom stereocenters. The van der Waals surface area contributed by atoms with Crippen LogP contribution in [-0.4, -0.2) is 5.11 Å². The molecular formula is C17H14O3. The molecule has 0 saturated carbocycles. The van der Waals surface area contributed by atoms with Crippen molar-refractivity contribution >= 4 is 11.0 Å². The van der Waals surface area contributed by atoms with Crippen molar-refractivity contribution in [3.05, 3.63) is 70.4 Å². The summed E-state index contributed by atoms with van der Waals surface area (Å²) in [5, 5.41) is 10.3. The minimum atomic E-state index is -0.687. The van der Waals surface area contributed by atoms with Crippen LogP contribution in [0.2, 0.25) is 0 Å². The number of hydrogen-bond donors (Lipinski definition) is 1. The molecule has 1 atom stereocenters. The largest absolute Gasteiger partial charge is 0.455 e. The summed E-state index contributed by atoms with van der Waals surface area (Å²) in [5.41, 5.74) is 1.81. The summed E-state index contributed by atoms with van der Waals surface area (Å²) < 4.78 is 5.86. The van der Waals surface area contributed by atoms with Gasteiger partial charge in [0.05, 0.1) is 11.5 Å². The average Bonchev–Trinajstić information content (AvgIpc) is 2.47. The van der Waals surface area contributed by atoms with Crippen molar-refractivity contribution in [3.63, 3.8) is 0 Å². The van der Waals surface area contributed by atoms with Gasteiger partial charge >= 0.3 is 0 Å². The predicted molar refractivity (Wildman–Crippen MR) is 78.6 cm³/mol. The van der Waals surface area contributed by atoms with Gasteiger partial charge in [-0.2, -0.15) is 0 Å². The molecule has 100 valence electrons. The lowest BCUT2D eigenvalue weighted by Crippen LogP contribution is -2.03. The van der Waals surface area contributed by atoms with E-state index in [9.17, 15) is 9.90 Å². The number of fused-ring (bicyclic) bond motifs is 1. The van der Waals surface area contributed by atoms with Crippen LogP contribution < -0.4 is 5.43 Å². The van der Waals surface area contributed by atoms with E-state index in [-0.39, 0.29) is 5.43 Å². The Balaban J connectivity index is 2.33. The van der Waals surface area contributed by atoms with E-state index in [0.29, 0.717) is 22.3 Å². The molecule has 3 heteroatoms. The zero-order valence-electron chi connectivity index (χ0n) is 11.0. The van der Waals surface area contributed by atoms with Crippen LogP contribution in [0.5, 0.6) is 0 Å². The maximum absolute atomic E-state index is 12.2. The van der Waals surface area contributed by atoms with Crippen LogP contribution >= 0.6 is 0 Å². The van der Waals surface area contributed by atoms with Crippen LogP contribution in [0.15, 0.2) is 63.8 Å². The molecule has 0 fully saturated rings. The molecule has 0 bridgehead atoms. The molecule has 1 aromatic heterocycles. The summed E-state index contributed by atoms with van der Waals surface area (Å²) in [4.78, 5) is 12.2. The quantitative estimate of drug-likeness (QED) is 0.772. The third kappa shape index (κ3) is 2.12. The lowest BCUT2D eigenvalue weighted by atomic mass is 10.1. The van der Waals surface area contributed by atoms with Gasteiger partial charge in [0.2, 0.25) is 0 Å². The topological polar surface area (TPSA) is 50.4 Å². The fourth-order valence-electron chi connectivity index (χ4n) is 2.27. The molecule has 2 aromatic carbocycles. The molecule has 0 saturated heterocycles. The highest BCUT2D eigenvalue weighted by atomic mass is 16.3. The fraction of sp³-hybridized carbons (Fsp3) is 0.118. The Hall–Kier alpha value is -2.39. The number of benzene rings is 2. The minimum Gasteiger partial charge on any atom is -0.455 e. The smallest absolute Gasteiger partial charge is 0.193 e. The van der Waals surface area contributed by atoms with E-state index in [4.69, 9.17) is 4.42 Å². The van der Waals surface area contributed by atoms with Crippen molar-refractivity contribution in [1.29, 1.82) is 0 Å². The summed E-state index contributed by atoms with van der Waals surface area (Å²) in [6.07, 6.45) is -0.687. The molecule has 1 N–H and O–H groups in total. The monoisotopic (exact) mass is 266 g/mol. The highest BCUT2D eigenvalue weighted by molar-refractivity contribution is 5.81. The zero-order chi connectivity index (χ0) is 14.1. The van der Waals surface area contributed by atoms with Gasteiger partial charge in [-0.15, -0.1) is 0 Å². The Morgan fingerprint density at radius 3 is 2.50 bits per heavy atom. The fourth-order valence-corrected chi connectivity index (χ4v) is 2.27. The van der Waals surface area contributed by atoms with Crippen LogP contribution in [-0.2, 0) is 0 Å². The second kappa shape index (κ2) is 4.94. The lowest BCUT2D eigenvalue weighted by molar-refractivity contribution is 0.199. The Morgan fingerprint density at radius 1 is 1.05 bits per heavy atom. The molecule has 0 spiro atoms. The molecule has 3 aromatic rings. The molecule has 3 nitrogen and oxygen atoms in total. The van der Waals surface area contributed by atoms with Gasteiger partial charge in [0.25, 0.3) is 0 Å². The number of para-hydroxylation sites is 1. The Bertz CT molecular complexity index is 801. The van der Waals surface area contributed by atoms with Gasteiger partial charge in [0, 0.05) is 17.2 Å². The van der Waals surface area contributed by atoms with Gasteiger partial charge < -0.3 is 9.52 Å². The molecule has 3 rings (SSSR count). The SMILES string of the molecule is CC(O)c1cccc2c(=O)cc(-c3ccccc3)oc12. The van der Waals surface area contributed by atoms with Gasteiger partial charge in [0.1, 0.15) is 11.3 Å². The van der Waals surface area contributed by atoms with Crippen molar-refractivity contribution in [2.75, 3.05) is 0 Å². The van der Waals surface area contributed by atoms with E-state index in [0.717, 1.165) is 5.56 Å². The van der Waals surface area contributed by atoms with Crippen LogP contribution in [0.4, 0.5) is 0 Å². The maximum atomic E-state index is 12.2. The standard InChI is InChI=1S/C17H14O3/c1-11(18)13-8-5-9-14-15(19)10-16(20-17(13)14)12-6-3-2-4-7-12/h2-11,18H,1H3. The van der Waals surface area contributed by atoms with Gasteiger partial charge in [-0.05, 0) is 13.0 Å². The van der Waals surface area contributed by atoms with E-state index in [1.807, 2.05) is 30.3 Å². The second-order valence-electron chi connectivity index (χ2n) is 4.74. The second-order valence-corrected chi connectivity index (χ2v) is 4.74. The van der Waals surface area contributed by atoms with Crippen molar-refractivity contribution < 1.29 is 9.52 Å². The Labute approximate surface area is 116 Å². The highest BCUT2D eigenvalue weighted by Crippen LogP contribution is 2.27. The average molecular weight is 266 g/mol. The summed E-state index contributed by atoms with van der Waals surface area (Å²) in [7, 11) is 0. The van der Waals surface area contributed by atoms with Gasteiger partial charge in [0.15, 0.2) is 5.43 Å². The number of rotatable bonds is 2. The lowest BCUT2D eigenvalue weighted by Gasteiger charge is -2.09. The van der Waals surface area contributed by atoms with E-state index in [1.54, 1.807) is 25.1 Å². The van der Waals surface area contributed by atoms with E-state index in [2.05, 4.69) is 0 Å². The third-order valence-corrected chi connectivity index (χ3v) is 3.29. The van der Waals surface area contributed by atoms with Crippen molar-refractivity contribution in [2.24, 2.45) is 0 Å². The third-order valence-electron chi connectivity index (χ3n) is 3.29. The number of aliphatic hydroxyl groups excluding tert-OH is 1. The van der Waals surface area contributed by atoms with E-state index in [1.165, 1.54) is 6.07 Å². The first-order valence-electron chi connectivity index (χ1n) is 6.47. The normalized spacial score (nSPS) is 12.5. The summed E-state index contributed by atoms with van der Waals surface area (Å²) in [5.74, 6) is 0.510. The van der Waals surface area contributed by atoms with Gasteiger partial charge in [-0.1, -0.05) is 42.5 Å². The van der Waals surface area contributed by atoms with Gasteiger partial charge in [-0.3, -0.25) is 4.79 Å². The van der Waals surface area contributed by atoms with Crippen molar-refractivity contribution in [3.8, 4) is 11.3 Å². The first kappa shape index (κ1) is 12.6. The molecular weight excluding hydrogens is 252 g/mol. The van der Waals surface area contributed by atoms with Crippen LogP contribution in [0.3, 0.4) is 0 Å². The maximum Gasteiger partial charge on any atom is 0.193 e. The summed E-state index contributed by atoms with van der Waals surface area (Å²) >= 11 is 0. The van der Waals surface area contributed by atoms with E-state index >= 15 is 0 Å².